The van der Waals surface area contributed by atoms with Gasteiger partial charge in [0.15, 0.2) is 0 Å². The van der Waals surface area contributed by atoms with Crippen molar-refractivity contribution in [2.75, 3.05) is 0 Å². The summed E-state index contributed by atoms with van der Waals surface area (Å²) >= 11 is 0. The van der Waals surface area contributed by atoms with Crippen molar-refractivity contribution in [1.82, 2.24) is 29.6 Å². The monoisotopic (exact) mass is 318 g/mol. The van der Waals surface area contributed by atoms with Crippen LogP contribution in [0.3, 0.4) is 0 Å². The Bertz CT molecular complexity index is 816. The fraction of sp³-hybridized carbons (Fsp3) is 0.500. The molecule has 2 aromatic rings. The van der Waals surface area contributed by atoms with Gasteiger partial charge in [-0.1, -0.05) is 0 Å². The molecule has 0 unspecified atom stereocenters. The Labute approximate surface area is 131 Å². The zero-order valence-corrected chi connectivity index (χ0v) is 12.7. The van der Waals surface area contributed by atoms with Crippen LogP contribution in [0.4, 0.5) is 0 Å². The third-order valence-corrected chi connectivity index (χ3v) is 3.91. The molecule has 1 fully saturated rings. The standard InChI is InChI=1S/C14H18N6O3/c1-19-13(15-8-16-19)12(9-2-3-9)17-10(21)4-6-20-7-5-11(22)18-14(20)23/h5,7-9,12H,2-4,6H2,1H3,(H,17,21)(H,18,22,23)/t12-/m0/s1. The Hall–Kier alpha value is -2.71. The molecule has 1 atom stereocenters. The number of rotatable bonds is 6. The van der Waals surface area contributed by atoms with E-state index in [1.165, 1.54) is 23.2 Å². The summed E-state index contributed by atoms with van der Waals surface area (Å²) in [5.74, 6) is 0.961. The highest BCUT2D eigenvalue weighted by atomic mass is 16.2. The maximum Gasteiger partial charge on any atom is 0.328 e. The summed E-state index contributed by atoms with van der Waals surface area (Å²) < 4.78 is 2.96. The van der Waals surface area contributed by atoms with Gasteiger partial charge in [0.05, 0.1) is 6.04 Å². The molecule has 2 heterocycles. The summed E-state index contributed by atoms with van der Waals surface area (Å²) in [6, 6.07) is 1.11. The van der Waals surface area contributed by atoms with Gasteiger partial charge >= 0.3 is 5.69 Å². The average molecular weight is 318 g/mol. The summed E-state index contributed by atoms with van der Waals surface area (Å²) in [6.07, 6.45) is 5.10. The highest BCUT2D eigenvalue weighted by Gasteiger charge is 2.35. The molecule has 0 bridgehead atoms. The van der Waals surface area contributed by atoms with Crippen molar-refractivity contribution >= 4 is 5.91 Å². The van der Waals surface area contributed by atoms with E-state index in [1.54, 1.807) is 11.7 Å². The third-order valence-electron chi connectivity index (χ3n) is 3.91. The minimum absolute atomic E-state index is 0.146. The molecule has 9 heteroatoms. The van der Waals surface area contributed by atoms with Gasteiger partial charge in [-0.05, 0) is 18.8 Å². The fourth-order valence-corrected chi connectivity index (χ4v) is 2.50. The van der Waals surface area contributed by atoms with Crippen LogP contribution in [-0.4, -0.2) is 30.2 Å². The first-order chi connectivity index (χ1) is 11.0. The first-order valence-corrected chi connectivity index (χ1v) is 7.47. The van der Waals surface area contributed by atoms with Crippen LogP contribution in [0.2, 0.25) is 0 Å². The molecule has 2 aromatic heterocycles. The molecule has 0 saturated heterocycles. The largest absolute Gasteiger partial charge is 0.346 e. The summed E-state index contributed by atoms with van der Waals surface area (Å²) in [6.45, 7) is 0.206. The molecule has 0 radical (unpaired) electrons. The second-order valence-electron chi connectivity index (χ2n) is 5.68. The van der Waals surface area contributed by atoms with Gasteiger partial charge in [-0.15, -0.1) is 0 Å². The summed E-state index contributed by atoms with van der Waals surface area (Å²) in [7, 11) is 1.80. The van der Waals surface area contributed by atoms with E-state index in [9.17, 15) is 14.4 Å². The van der Waals surface area contributed by atoms with Crippen molar-refractivity contribution in [2.24, 2.45) is 13.0 Å². The van der Waals surface area contributed by atoms with Crippen LogP contribution in [0.15, 0.2) is 28.2 Å². The first-order valence-electron chi connectivity index (χ1n) is 7.47. The SMILES string of the molecule is Cn1ncnc1[C@@H](NC(=O)CCn1ccc(=O)[nH]c1=O)C1CC1. The van der Waals surface area contributed by atoms with Crippen LogP contribution in [0.25, 0.3) is 0 Å². The molecule has 3 rings (SSSR count). The van der Waals surface area contributed by atoms with Gasteiger partial charge in [0.2, 0.25) is 5.91 Å². The normalized spacial score (nSPS) is 15.3. The average Bonchev–Trinajstić information content (AvgIpc) is 3.26. The number of hydrogen-bond acceptors (Lipinski definition) is 5. The van der Waals surface area contributed by atoms with E-state index in [2.05, 4.69) is 20.4 Å². The predicted octanol–water partition coefficient (Wildman–Crippen LogP) is -0.677. The van der Waals surface area contributed by atoms with E-state index in [-0.39, 0.29) is 24.9 Å². The lowest BCUT2D eigenvalue weighted by atomic mass is 10.1. The minimum Gasteiger partial charge on any atom is -0.346 e. The van der Waals surface area contributed by atoms with Crippen LogP contribution in [-0.2, 0) is 18.4 Å². The second-order valence-corrected chi connectivity index (χ2v) is 5.68. The Kier molecular flexibility index (Phi) is 4.09. The lowest BCUT2D eigenvalue weighted by Crippen LogP contribution is -2.34. The number of aryl methyl sites for hydroxylation is 2. The Morgan fingerprint density at radius 3 is 2.87 bits per heavy atom. The molecular formula is C14H18N6O3. The summed E-state index contributed by atoms with van der Waals surface area (Å²) in [5, 5.41) is 7.02. The van der Waals surface area contributed by atoms with Crippen molar-refractivity contribution in [3.63, 3.8) is 0 Å². The number of hydrogen-bond donors (Lipinski definition) is 2. The molecule has 1 aliphatic rings. The number of H-pyrrole nitrogens is 1. The number of nitrogens with zero attached hydrogens (tertiary/aromatic N) is 4. The number of aromatic amines is 1. The molecule has 1 aliphatic carbocycles. The fourth-order valence-electron chi connectivity index (χ4n) is 2.50. The Balaban J connectivity index is 1.63. The zero-order valence-electron chi connectivity index (χ0n) is 12.7. The van der Waals surface area contributed by atoms with Crippen LogP contribution in [0, 0.1) is 5.92 Å². The molecule has 122 valence electrons. The van der Waals surface area contributed by atoms with Gasteiger partial charge in [0, 0.05) is 32.3 Å². The number of nitrogens with one attached hydrogen (secondary N) is 2. The molecule has 1 amide bonds. The van der Waals surface area contributed by atoms with Gasteiger partial charge in [-0.2, -0.15) is 5.10 Å². The lowest BCUT2D eigenvalue weighted by molar-refractivity contribution is -0.122. The Morgan fingerprint density at radius 1 is 1.48 bits per heavy atom. The molecule has 2 N–H and O–H groups in total. The molecule has 0 spiro atoms. The van der Waals surface area contributed by atoms with E-state index in [0.29, 0.717) is 5.92 Å². The van der Waals surface area contributed by atoms with E-state index in [1.807, 2.05) is 0 Å². The molecule has 0 aliphatic heterocycles. The molecular weight excluding hydrogens is 300 g/mol. The predicted molar refractivity (Wildman–Crippen MR) is 80.6 cm³/mol. The maximum atomic E-state index is 12.2. The molecule has 9 nitrogen and oxygen atoms in total. The van der Waals surface area contributed by atoms with Crippen LogP contribution in [0.1, 0.15) is 31.1 Å². The van der Waals surface area contributed by atoms with Crippen LogP contribution in [0.5, 0.6) is 0 Å². The maximum absolute atomic E-state index is 12.2. The summed E-state index contributed by atoms with van der Waals surface area (Å²) in [5.41, 5.74) is -0.968. The van der Waals surface area contributed by atoms with Gasteiger partial charge < -0.3 is 9.88 Å². The Morgan fingerprint density at radius 2 is 2.26 bits per heavy atom. The molecule has 1 saturated carbocycles. The van der Waals surface area contributed by atoms with Gasteiger partial charge in [0.25, 0.3) is 5.56 Å². The van der Waals surface area contributed by atoms with Crippen molar-refractivity contribution in [3.05, 3.63) is 45.3 Å². The quantitative estimate of drug-likeness (QED) is 0.732. The molecule has 0 aromatic carbocycles. The van der Waals surface area contributed by atoms with E-state index in [4.69, 9.17) is 0 Å². The third kappa shape index (κ3) is 3.55. The zero-order chi connectivity index (χ0) is 16.4. The van der Waals surface area contributed by atoms with Crippen molar-refractivity contribution in [3.8, 4) is 0 Å². The molecule has 23 heavy (non-hydrogen) atoms. The number of carbonyl (C=O) groups excluding carboxylic acids is 1. The number of aromatic nitrogens is 5. The number of amides is 1. The van der Waals surface area contributed by atoms with Gasteiger partial charge in [-0.25, -0.2) is 9.78 Å². The van der Waals surface area contributed by atoms with E-state index < -0.39 is 11.2 Å². The minimum atomic E-state index is -0.516. The first kappa shape index (κ1) is 15.2. The summed E-state index contributed by atoms with van der Waals surface area (Å²) in [4.78, 5) is 41.1. The van der Waals surface area contributed by atoms with Crippen molar-refractivity contribution in [2.45, 2.75) is 31.8 Å². The highest BCUT2D eigenvalue weighted by Crippen LogP contribution is 2.40. The lowest BCUT2D eigenvalue weighted by Gasteiger charge is -2.17. The van der Waals surface area contributed by atoms with E-state index >= 15 is 0 Å². The van der Waals surface area contributed by atoms with Gasteiger partial charge in [0.1, 0.15) is 12.2 Å². The van der Waals surface area contributed by atoms with Gasteiger partial charge in [-0.3, -0.25) is 19.3 Å². The van der Waals surface area contributed by atoms with Crippen molar-refractivity contribution < 1.29 is 4.79 Å². The smallest absolute Gasteiger partial charge is 0.328 e. The second kappa shape index (κ2) is 6.19. The van der Waals surface area contributed by atoms with Crippen LogP contribution < -0.4 is 16.6 Å². The van der Waals surface area contributed by atoms with E-state index in [0.717, 1.165) is 18.7 Å². The number of carbonyl (C=O) groups is 1. The van der Waals surface area contributed by atoms with Crippen molar-refractivity contribution in [1.29, 1.82) is 0 Å². The highest BCUT2D eigenvalue weighted by molar-refractivity contribution is 5.76. The topological polar surface area (TPSA) is 115 Å². The van der Waals surface area contributed by atoms with Crippen LogP contribution >= 0.6 is 0 Å².